The van der Waals surface area contributed by atoms with Crippen LogP contribution in [0.15, 0.2) is 48.5 Å². The van der Waals surface area contributed by atoms with Gasteiger partial charge in [0.1, 0.15) is 0 Å². The molecule has 3 aromatic rings. The molecule has 1 N–H and O–H groups in total. The second-order valence-electron chi connectivity index (χ2n) is 9.76. The Hall–Kier alpha value is -2.63. The molecule has 5 nitrogen and oxygen atoms in total. The number of benzene rings is 2. The minimum Gasteiger partial charge on any atom is -0.465 e. The first-order valence-corrected chi connectivity index (χ1v) is 11.4. The Morgan fingerprint density at radius 1 is 1.16 bits per heavy atom. The minimum absolute atomic E-state index is 0.306. The molecule has 0 bridgehead atoms. The third kappa shape index (κ3) is 4.89. The second kappa shape index (κ2) is 9.08. The molecule has 1 aromatic heterocycles. The molecule has 32 heavy (non-hydrogen) atoms. The number of carbonyl (C=O) groups excluding carboxylic acids is 1. The number of ether oxygens (including phenoxy) is 1. The summed E-state index contributed by atoms with van der Waals surface area (Å²) >= 11 is 0. The number of hydrogen-bond donors (Lipinski definition) is 1. The molecule has 1 aliphatic heterocycles. The van der Waals surface area contributed by atoms with Gasteiger partial charge in [0, 0.05) is 36.2 Å². The third-order valence-corrected chi connectivity index (χ3v) is 6.54. The van der Waals surface area contributed by atoms with Crippen LogP contribution < -0.4 is 0 Å². The molecular weight excluding hydrogens is 400 g/mol. The highest BCUT2D eigenvalue weighted by atomic mass is 16.5. The van der Waals surface area contributed by atoms with Crippen LogP contribution in [0, 0.1) is 12.8 Å². The molecule has 5 heteroatoms. The van der Waals surface area contributed by atoms with Gasteiger partial charge in [-0.05, 0) is 75.4 Å². The maximum atomic E-state index is 11.7. The number of esters is 1. The number of methoxy groups -OCH3 is 1. The van der Waals surface area contributed by atoms with Crippen molar-refractivity contribution in [2.75, 3.05) is 26.7 Å². The average molecular weight is 435 g/mol. The van der Waals surface area contributed by atoms with Gasteiger partial charge in [0.05, 0.1) is 18.3 Å². The van der Waals surface area contributed by atoms with E-state index in [1.165, 1.54) is 34.8 Å². The van der Waals surface area contributed by atoms with E-state index < -0.39 is 5.60 Å². The van der Waals surface area contributed by atoms with Gasteiger partial charge in [0.15, 0.2) is 0 Å². The Kier molecular flexibility index (Phi) is 6.40. The predicted molar refractivity (Wildman–Crippen MR) is 128 cm³/mol. The van der Waals surface area contributed by atoms with E-state index in [0.717, 1.165) is 39.0 Å². The summed E-state index contributed by atoms with van der Waals surface area (Å²) in [6.45, 7) is 9.79. The third-order valence-electron chi connectivity index (χ3n) is 6.54. The maximum absolute atomic E-state index is 11.7. The summed E-state index contributed by atoms with van der Waals surface area (Å²) in [5, 5.41) is 11.5. The van der Waals surface area contributed by atoms with Gasteiger partial charge in [-0.1, -0.05) is 30.3 Å². The Morgan fingerprint density at radius 2 is 1.88 bits per heavy atom. The van der Waals surface area contributed by atoms with E-state index in [1.807, 2.05) is 38.1 Å². The molecule has 2 aromatic carbocycles. The summed E-state index contributed by atoms with van der Waals surface area (Å²) in [7, 11) is 1.41. The quantitative estimate of drug-likeness (QED) is 0.560. The van der Waals surface area contributed by atoms with E-state index >= 15 is 0 Å². The van der Waals surface area contributed by atoms with Crippen molar-refractivity contribution in [3.05, 3.63) is 70.9 Å². The van der Waals surface area contributed by atoms with Gasteiger partial charge >= 0.3 is 5.97 Å². The smallest absolute Gasteiger partial charge is 0.337 e. The van der Waals surface area contributed by atoms with Crippen molar-refractivity contribution in [2.24, 2.45) is 5.92 Å². The summed E-state index contributed by atoms with van der Waals surface area (Å²) < 4.78 is 7.29. The van der Waals surface area contributed by atoms with Crippen LogP contribution in [0.1, 0.15) is 47.4 Å². The standard InChI is InChI=1S/C27H34N2O3/c1-19-24(15-20-9-11-22(12-10-20)26(30)32-4)23-7-5-6-8-25(23)29(19)17-21-13-14-28(16-21)18-27(2,3)31/h5-12,21,31H,13-18H2,1-4H3. The van der Waals surface area contributed by atoms with Crippen molar-refractivity contribution < 1.29 is 14.6 Å². The highest BCUT2D eigenvalue weighted by Gasteiger charge is 2.28. The fourth-order valence-electron chi connectivity index (χ4n) is 5.05. The summed E-state index contributed by atoms with van der Waals surface area (Å²) in [4.78, 5) is 14.1. The maximum Gasteiger partial charge on any atom is 0.337 e. The fourth-order valence-corrected chi connectivity index (χ4v) is 5.05. The lowest BCUT2D eigenvalue weighted by Gasteiger charge is -2.25. The molecule has 0 aliphatic carbocycles. The first kappa shape index (κ1) is 22.6. The van der Waals surface area contributed by atoms with Crippen LogP contribution >= 0.6 is 0 Å². The van der Waals surface area contributed by atoms with Crippen molar-refractivity contribution in [3.8, 4) is 0 Å². The molecule has 4 rings (SSSR count). The van der Waals surface area contributed by atoms with E-state index in [0.29, 0.717) is 11.5 Å². The Labute approximate surface area is 190 Å². The van der Waals surface area contributed by atoms with E-state index in [-0.39, 0.29) is 5.97 Å². The highest BCUT2D eigenvalue weighted by molar-refractivity contribution is 5.89. The van der Waals surface area contributed by atoms with Crippen LogP contribution in [0.2, 0.25) is 0 Å². The molecule has 1 fully saturated rings. The van der Waals surface area contributed by atoms with E-state index in [4.69, 9.17) is 4.74 Å². The van der Waals surface area contributed by atoms with Gasteiger partial charge in [0.2, 0.25) is 0 Å². The van der Waals surface area contributed by atoms with Crippen LogP contribution in [-0.2, 0) is 17.7 Å². The summed E-state index contributed by atoms with van der Waals surface area (Å²) in [6.07, 6.45) is 1.99. The van der Waals surface area contributed by atoms with Crippen molar-refractivity contribution in [3.63, 3.8) is 0 Å². The summed E-state index contributed by atoms with van der Waals surface area (Å²) in [6, 6.07) is 16.4. The summed E-state index contributed by atoms with van der Waals surface area (Å²) in [5.74, 6) is 0.276. The number of aromatic nitrogens is 1. The first-order valence-electron chi connectivity index (χ1n) is 11.4. The first-order chi connectivity index (χ1) is 15.2. The van der Waals surface area contributed by atoms with Crippen LogP contribution in [0.5, 0.6) is 0 Å². The normalized spacial score (nSPS) is 17.2. The number of fused-ring (bicyclic) bond motifs is 1. The number of nitrogens with zero attached hydrogens (tertiary/aromatic N) is 2. The molecule has 0 spiro atoms. The Balaban J connectivity index is 1.57. The van der Waals surface area contributed by atoms with Gasteiger partial charge < -0.3 is 19.3 Å². The lowest BCUT2D eigenvalue weighted by molar-refractivity contribution is 0.0426. The Morgan fingerprint density at radius 3 is 2.56 bits per heavy atom. The zero-order chi connectivity index (χ0) is 22.9. The lowest BCUT2D eigenvalue weighted by atomic mass is 10.0. The van der Waals surface area contributed by atoms with E-state index in [1.54, 1.807) is 0 Å². The topological polar surface area (TPSA) is 54.7 Å². The number of likely N-dealkylation sites (tertiary alicyclic amines) is 1. The van der Waals surface area contributed by atoms with E-state index in [9.17, 15) is 9.90 Å². The highest BCUT2D eigenvalue weighted by Crippen LogP contribution is 2.30. The van der Waals surface area contributed by atoms with Crippen LogP contribution in [0.3, 0.4) is 0 Å². The fraction of sp³-hybridized carbons (Fsp3) is 0.444. The number of aliphatic hydroxyl groups is 1. The molecule has 0 radical (unpaired) electrons. The van der Waals surface area contributed by atoms with Gasteiger partial charge in [-0.25, -0.2) is 4.79 Å². The number of β-amino-alcohol motifs (C(OH)–C–C–N with tert-alkyl or cyclic N) is 1. The molecule has 1 atom stereocenters. The number of carbonyl (C=O) groups is 1. The minimum atomic E-state index is -0.651. The molecule has 1 saturated heterocycles. The zero-order valence-corrected chi connectivity index (χ0v) is 19.6. The molecule has 1 aliphatic rings. The van der Waals surface area contributed by atoms with Crippen molar-refractivity contribution in [1.29, 1.82) is 0 Å². The lowest BCUT2D eigenvalue weighted by Crippen LogP contribution is -2.37. The SMILES string of the molecule is COC(=O)c1ccc(Cc2c(C)n(CC3CCN(CC(C)(C)O)C3)c3ccccc23)cc1. The zero-order valence-electron chi connectivity index (χ0n) is 19.6. The van der Waals surface area contributed by atoms with Crippen molar-refractivity contribution in [1.82, 2.24) is 9.47 Å². The number of hydrogen-bond acceptors (Lipinski definition) is 4. The Bertz CT molecular complexity index is 1090. The van der Waals surface area contributed by atoms with Gasteiger partial charge in [0.25, 0.3) is 0 Å². The monoisotopic (exact) mass is 434 g/mol. The summed E-state index contributed by atoms with van der Waals surface area (Å²) in [5.41, 5.74) is 5.05. The molecule has 1 unspecified atom stereocenters. The molecule has 170 valence electrons. The van der Waals surface area contributed by atoms with Gasteiger partial charge in [-0.2, -0.15) is 0 Å². The molecule has 0 saturated carbocycles. The van der Waals surface area contributed by atoms with Crippen molar-refractivity contribution in [2.45, 2.75) is 45.8 Å². The predicted octanol–water partition coefficient (Wildman–Crippen LogP) is 4.42. The number of para-hydroxylation sites is 1. The molecule has 0 amide bonds. The van der Waals surface area contributed by atoms with Gasteiger partial charge in [-0.3, -0.25) is 0 Å². The van der Waals surface area contributed by atoms with Crippen LogP contribution in [-0.4, -0.2) is 52.9 Å². The van der Waals surface area contributed by atoms with E-state index in [2.05, 4.69) is 40.7 Å². The van der Waals surface area contributed by atoms with Gasteiger partial charge in [-0.15, -0.1) is 0 Å². The van der Waals surface area contributed by atoms with Crippen LogP contribution in [0.4, 0.5) is 0 Å². The second-order valence-corrected chi connectivity index (χ2v) is 9.76. The molecule has 2 heterocycles. The van der Waals surface area contributed by atoms with Crippen LogP contribution in [0.25, 0.3) is 10.9 Å². The largest absolute Gasteiger partial charge is 0.465 e. The molecular formula is C27H34N2O3. The number of rotatable bonds is 7. The average Bonchev–Trinajstić information content (AvgIpc) is 3.30. The van der Waals surface area contributed by atoms with Crippen molar-refractivity contribution >= 4 is 16.9 Å².